The first-order chi connectivity index (χ1) is 10.9. The first-order valence-electron chi connectivity index (χ1n) is 8.15. The van der Waals surface area contributed by atoms with Crippen LogP contribution in [0.1, 0.15) is 42.5 Å². The van der Waals surface area contributed by atoms with E-state index in [1.807, 2.05) is 12.1 Å². The normalized spacial score (nSPS) is 16.1. The van der Waals surface area contributed by atoms with Crippen molar-refractivity contribution in [3.05, 3.63) is 29.8 Å². The predicted molar refractivity (Wildman–Crippen MR) is 93.8 cm³/mol. The topological polar surface area (TPSA) is 66.5 Å². The minimum absolute atomic E-state index is 0.0404. The van der Waals surface area contributed by atoms with Gasteiger partial charge in [-0.2, -0.15) is 0 Å². The summed E-state index contributed by atoms with van der Waals surface area (Å²) in [6.07, 6.45) is 7.52. The summed E-state index contributed by atoms with van der Waals surface area (Å²) in [7, 11) is -0.945. The van der Waals surface area contributed by atoms with Gasteiger partial charge in [-0.25, -0.2) is 8.42 Å². The number of nitrogens with zero attached hydrogens (tertiary/aromatic N) is 1. The van der Waals surface area contributed by atoms with Crippen molar-refractivity contribution in [3.63, 3.8) is 0 Å². The number of carbonyl (C=O) groups is 1. The number of hydrogen-bond acceptors (Lipinski definition) is 4. The van der Waals surface area contributed by atoms with Gasteiger partial charge in [-0.15, -0.1) is 0 Å². The van der Waals surface area contributed by atoms with Crippen LogP contribution >= 0.6 is 0 Å². The molecule has 0 atom stereocenters. The van der Waals surface area contributed by atoms with E-state index < -0.39 is 9.84 Å². The van der Waals surface area contributed by atoms with Crippen molar-refractivity contribution in [2.45, 2.75) is 38.1 Å². The Kier molecular flexibility index (Phi) is 6.04. The van der Waals surface area contributed by atoms with Crippen LogP contribution in [-0.2, 0) is 9.84 Å². The molecule has 1 fully saturated rings. The van der Waals surface area contributed by atoms with Gasteiger partial charge in [-0.05, 0) is 37.1 Å². The largest absolute Gasteiger partial charge is 0.372 e. The summed E-state index contributed by atoms with van der Waals surface area (Å²) in [4.78, 5) is 14.3. The van der Waals surface area contributed by atoms with E-state index in [4.69, 9.17) is 0 Å². The number of hydrogen-bond donors (Lipinski definition) is 1. The quantitative estimate of drug-likeness (QED) is 0.864. The van der Waals surface area contributed by atoms with Crippen LogP contribution in [0.25, 0.3) is 0 Å². The summed E-state index contributed by atoms with van der Waals surface area (Å²) in [6.45, 7) is 0.140. The maximum Gasteiger partial charge on any atom is 0.251 e. The predicted octanol–water partition coefficient (Wildman–Crippen LogP) is 2.23. The number of sulfone groups is 1. The molecule has 5 nitrogen and oxygen atoms in total. The lowest BCUT2D eigenvalue weighted by Gasteiger charge is -2.33. The van der Waals surface area contributed by atoms with Crippen molar-refractivity contribution in [1.82, 2.24) is 5.32 Å². The van der Waals surface area contributed by atoms with Crippen LogP contribution in [0.2, 0.25) is 0 Å². The molecule has 1 aliphatic carbocycles. The summed E-state index contributed by atoms with van der Waals surface area (Å²) in [6, 6.07) is 8.09. The number of rotatable bonds is 6. The molecule has 0 radical (unpaired) electrons. The fourth-order valence-corrected chi connectivity index (χ4v) is 3.45. The van der Waals surface area contributed by atoms with Crippen molar-refractivity contribution in [2.75, 3.05) is 30.5 Å². The molecule has 0 bridgehead atoms. The SMILES string of the molecule is CN(c1ccc(C(=O)NCCS(C)(=O)=O)cc1)C1CCCCC1. The zero-order chi connectivity index (χ0) is 16.9. The maximum absolute atomic E-state index is 12.0. The zero-order valence-electron chi connectivity index (χ0n) is 13.9. The van der Waals surface area contributed by atoms with Gasteiger partial charge in [0.2, 0.25) is 0 Å². The van der Waals surface area contributed by atoms with Gasteiger partial charge in [0.05, 0.1) is 5.75 Å². The molecule has 1 aromatic rings. The van der Waals surface area contributed by atoms with Gasteiger partial charge >= 0.3 is 0 Å². The molecule has 1 amide bonds. The molecule has 1 aliphatic rings. The lowest BCUT2D eigenvalue weighted by molar-refractivity contribution is 0.0956. The summed E-state index contributed by atoms with van der Waals surface area (Å²) in [5, 5.41) is 2.64. The van der Waals surface area contributed by atoms with Gasteiger partial charge in [-0.1, -0.05) is 19.3 Å². The third-order valence-corrected chi connectivity index (χ3v) is 5.36. The van der Waals surface area contributed by atoms with Crippen molar-refractivity contribution < 1.29 is 13.2 Å². The van der Waals surface area contributed by atoms with Crippen LogP contribution in [0.15, 0.2) is 24.3 Å². The van der Waals surface area contributed by atoms with E-state index in [2.05, 4.69) is 17.3 Å². The number of carbonyl (C=O) groups excluding carboxylic acids is 1. The molecular formula is C17H26N2O3S. The Balaban J connectivity index is 1.91. The van der Waals surface area contributed by atoms with Crippen LogP contribution in [0.3, 0.4) is 0 Å². The molecule has 1 saturated carbocycles. The second kappa shape index (κ2) is 7.81. The molecule has 0 aliphatic heterocycles. The average Bonchev–Trinajstić information content (AvgIpc) is 2.54. The summed E-state index contributed by atoms with van der Waals surface area (Å²) in [5.41, 5.74) is 1.67. The van der Waals surface area contributed by atoms with E-state index in [1.165, 1.54) is 32.1 Å². The molecule has 0 aromatic heterocycles. The van der Waals surface area contributed by atoms with Gasteiger partial charge in [0.1, 0.15) is 9.84 Å². The summed E-state index contributed by atoms with van der Waals surface area (Å²) in [5.74, 6) is -0.276. The second-order valence-corrected chi connectivity index (χ2v) is 8.60. The Morgan fingerprint density at radius 2 is 1.78 bits per heavy atom. The molecule has 0 unspecified atom stereocenters. The minimum Gasteiger partial charge on any atom is -0.372 e. The molecule has 6 heteroatoms. The standard InChI is InChI=1S/C17H26N2O3S/c1-19(15-6-4-3-5-7-15)16-10-8-14(9-11-16)17(20)18-12-13-23(2,21)22/h8-11,15H,3-7,12-13H2,1-2H3,(H,18,20). The van der Waals surface area contributed by atoms with Gasteiger partial charge in [0.15, 0.2) is 0 Å². The molecule has 0 saturated heterocycles. The molecule has 0 spiro atoms. The van der Waals surface area contributed by atoms with Crippen LogP contribution in [-0.4, -0.2) is 46.0 Å². The Bertz CT molecular complexity index is 620. The van der Waals surface area contributed by atoms with E-state index in [0.717, 1.165) is 11.9 Å². The fraction of sp³-hybridized carbons (Fsp3) is 0.588. The Labute approximate surface area is 139 Å². The van der Waals surface area contributed by atoms with Gasteiger partial charge in [0.25, 0.3) is 5.91 Å². The van der Waals surface area contributed by atoms with Crippen LogP contribution in [0, 0.1) is 0 Å². The molecule has 0 heterocycles. The van der Waals surface area contributed by atoms with Crippen LogP contribution < -0.4 is 10.2 Å². The minimum atomic E-state index is -3.05. The molecule has 23 heavy (non-hydrogen) atoms. The van der Waals surface area contributed by atoms with Gasteiger partial charge in [0, 0.05) is 37.1 Å². The van der Waals surface area contributed by atoms with Crippen molar-refractivity contribution in [2.24, 2.45) is 0 Å². The Morgan fingerprint density at radius 1 is 1.17 bits per heavy atom. The van der Waals surface area contributed by atoms with E-state index >= 15 is 0 Å². The van der Waals surface area contributed by atoms with Crippen molar-refractivity contribution >= 4 is 21.4 Å². The first-order valence-corrected chi connectivity index (χ1v) is 10.2. The average molecular weight is 338 g/mol. The van der Waals surface area contributed by atoms with Crippen molar-refractivity contribution in [1.29, 1.82) is 0 Å². The maximum atomic E-state index is 12.0. The molecule has 1 aromatic carbocycles. The third-order valence-electron chi connectivity index (χ3n) is 4.42. The molecule has 1 N–H and O–H groups in total. The van der Waals surface area contributed by atoms with E-state index in [9.17, 15) is 13.2 Å². The number of amides is 1. The van der Waals surface area contributed by atoms with E-state index in [1.54, 1.807) is 12.1 Å². The highest BCUT2D eigenvalue weighted by molar-refractivity contribution is 7.90. The zero-order valence-corrected chi connectivity index (χ0v) is 14.7. The van der Waals surface area contributed by atoms with Crippen LogP contribution in [0.4, 0.5) is 5.69 Å². The van der Waals surface area contributed by atoms with E-state index in [0.29, 0.717) is 11.6 Å². The Morgan fingerprint density at radius 3 is 2.35 bits per heavy atom. The second-order valence-electron chi connectivity index (χ2n) is 6.34. The highest BCUT2D eigenvalue weighted by atomic mass is 32.2. The third kappa shape index (κ3) is 5.53. The number of anilines is 1. The molecule has 2 rings (SSSR count). The smallest absolute Gasteiger partial charge is 0.251 e. The fourth-order valence-electron chi connectivity index (χ4n) is 2.98. The monoisotopic (exact) mass is 338 g/mol. The van der Waals surface area contributed by atoms with Crippen LogP contribution in [0.5, 0.6) is 0 Å². The lowest BCUT2D eigenvalue weighted by Crippen LogP contribution is -2.33. The Hall–Kier alpha value is -1.56. The number of nitrogens with one attached hydrogen (secondary N) is 1. The van der Waals surface area contributed by atoms with Crippen molar-refractivity contribution in [3.8, 4) is 0 Å². The first kappa shape index (κ1) is 17.8. The van der Waals surface area contributed by atoms with Gasteiger partial charge in [-0.3, -0.25) is 4.79 Å². The lowest BCUT2D eigenvalue weighted by atomic mass is 9.94. The number of benzene rings is 1. The summed E-state index contributed by atoms with van der Waals surface area (Å²) >= 11 is 0. The highest BCUT2D eigenvalue weighted by Gasteiger charge is 2.18. The molecule has 128 valence electrons. The summed E-state index contributed by atoms with van der Waals surface area (Å²) < 4.78 is 22.1. The van der Waals surface area contributed by atoms with Gasteiger partial charge < -0.3 is 10.2 Å². The highest BCUT2D eigenvalue weighted by Crippen LogP contribution is 2.26. The molecular weight excluding hydrogens is 312 g/mol. The van der Waals surface area contributed by atoms with E-state index in [-0.39, 0.29) is 18.2 Å².